The first-order valence-corrected chi connectivity index (χ1v) is 13.4. The van der Waals surface area contributed by atoms with Gasteiger partial charge < -0.3 is 20.0 Å². The van der Waals surface area contributed by atoms with Crippen LogP contribution in [0.4, 0.5) is 5.69 Å². The molecule has 1 fully saturated rings. The predicted molar refractivity (Wildman–Crippen MR) is 153 cm³/mol. The second-order valence-electron chi connectivity index (χ2n) is 8.84. The molecule has 0 saturated carbocycles. The number of thiocarbonyl (C=S) groups is 1. The first-order chi connectivity index (χ1) is 18.0. The quantitative estimate of drug-likeness (QED) is 0.229. The fraction of sp³-hybridized carbons (Fsp3) is 0.207. The lowest BCUT2D eigenvalue weighted by Gasteiger charge is -2.26. The molecule has 37 heavy (non-hydrogen) atoms. The Labute approximate surface area is 230 Å². The molecule has 188 valence electrons. The standard InChI is InChI=1S/C29H27BrN4O2S/c1-2-19-7-3-4-8-22(19)32-26(35)16-18-34-28(27(33-29(34)37)23-9-5-6-17-31-23)25-15-14-24(36-25)20-10-12-21(30)13-11-20/h3-15,17,27-28H,2,16,18H2,1H3,(H,32,35)(H,33,37)/t27-,28+/m0/s1. The van der Waals surface area contributed by atoms with Gasteiger partial charge in [0.25, 0.3) is 0 Å². The molecule has 0 radical (unpaired) electrons. The highest BCUT2D eigenvalue weighted by atomic mass is 79.9. The fourth-order valence-corrected chi connectivity index (χ4v) is 5.22. The van der Waals surface area contributed by atoms with Crippen molar-refractivity contribution in [2.45, 2.75) is 31.8 Å². The van der Waals surface area contributed by atoms with E-state index in [0.717, 1.165) is 44.9 Å². The molecule has 0 spiro atoms. The Morgan fingerprint density at radius 3 is 2.62 bits per heavy atom. The highest BCUT2D eigenvalue weighted by molar-refractivity contribution is 9.10. The van der Waals surface area contributed by atoms with Gasteiger partial charge in [-0.2, -0.15) is 0 Å². The minimum Gasteiger partial charge on any atom is -0.459 e. The summed E-state index contributed by atoms with van der Waals surface area (Å²) in [5.74, 6) is 1.48. The molecular formula is C29H27BrN4O2S. The maximum Gasteiger partial charge on any atom is 0.226 e. The second kappa shape index (κ2) is 11.3. The first-order valence-electron chi connectivity index (χ1n) is 12.2. The Hall–Kier alpha value is -3.49. The highest BCUT2D eigenvalue weighted by Crippen LogP contribution is 2.40. The van der Waals surface area contributed by atoms with Crippen molar-refractivity contribution in [3.05, 3.63) is 107 Å². The number of nitrogens with zero attached hydrogens (tertiary/aromatic N) is 2. The van der Waals surface area contributed by atoms with Crippen LogP contribution >= 0.6 is 28.1 Å². The van der Waals surface area contributed by atoms with Crippen molar-refractivity contribution in [3.8, 4) is 11.3 Å². The summed E-state index contributed by atoms with van der Waals surface area (Å²) in [6.45, 7) is 2.52. The van der Waals surface area contributed by atoms with Crippen molar-refractivity contribution in [3.63, 3.8) is 0 Å². The second-order valence-corrected chi connectivity index (χ2v) is 10.1. The number of rotatable bonds is 8. The zero-order chi connectivity index (χ0) is 25.8. The molecule has 1 aliphatic heterocycles. The van der Waals surface area contributed by atoms with Gasteiger partial charge >= 0.3 is 0 Å². The molecule has 3 heterocycles. The van der Waals surface area contributed by atoms with Crippen LogP contribution in [0, 0.1) is 0 Å². The monoisotopic (exact) mass is 574 g/mol. The third-order valence-corrected chi connectivity index (χ3v) is 7.38. The molecule has 8 heteroatoms. The number of nitrogens with one attached hydrogen (secondary N) is 2. The molecule has 0 aliphatic carbocycles. The maximum atomic E-state index is 12.9. The van der Waals surface area contributed by atoms with Gasteiger partial charge in [0.15, 0.2) is 5.11 Å². The summed E-state index contributed by atoms with van der Waals surface area (Å²) in [6, 6.07) is 25.2. The van der Waals surface area contributed by atoms with Crippen molar-refractivity contribution < 1.29 is 9.21 Å². The molecule has 4 aromatic rings. The Morgan fingerprint density at radius 1 is 1.08 bits per heavy atom. The van der Waals surface area contributed by atoms with E-state index in [1.54, 1.807) is 6.20 Å². The lowest BCUT2D eigenvalue weighted by Crippen LogP contribution is -2.32. The van der Waals surface area contributed by atoms with Crippen LogP contribution in [0.25, 0.3) is 11.3 Å². The van der Waals surface area contributed by atoms with E-state index in [9.17, 15) is 4.79 Å². The lowest BCUT2D eigenvalue weighted by molar-refractivity contribution is -0.116. The minimum atomic E-state index is -0.248. The molecule has 5 rings (SSSR count). The molecule has 2 N–H and O–H groups in total. The molecule has 1 amide bonds. The first kappa shape index (κ1) is 25.2. The van der Waals surface area contributed by atoms with Crippen molar-refractivity contribution in [2.75, 3.05) is 11.9 Å². The van der Waals surface area contributed by atoms with E-state index in [4.69, 9.17) is 16.6 Å². The summed E-state index contributed by atoms with van der Waals surface area (Å²) in [5.41, 5.74) is 3.81. The van der Waals surface area contributed by atoms with E-state index in [2.05, 4.69) is 38.5 Å². The lowest BCUT2D eigenvalue weighted by atomic mass is 10.0. The van der Waals surface area contributed by atoms with Gasteiger partial charge in [0.05, 0.1) is 11.7 Å². The number of pyridine rings is 1. The van der Waals surface area contributed by atoms with E-state index in [0.29, 0.717) is 11.7 Å². The predicted octanol–water partition coefficient (Wildman–Crippen LogP) is 6.67. The van der Waals surface area contributed by atoms with Gasteiger partial charge in [-0.3, -0.25) is 9.78 Å². The van der Waals surface area contributed by atoms with E-state index in [1.165, 1.54) is 0 Å². The maximum absolute atomic E-state index is 12.9. The van der Waals surface area contributed by atoms with Crippen LogP contribution < -0.4 is 10.6 Å². The molecule has 0 unspecified atom stereocenters. The summed E-state index contributed by atoms with van der Waals surface area (Å²) < 4.78 is 7.38. The van der Waals surface area contributed by atoms with E-state index < -0.39 is 0 Å². The smallest absolute Gasteiger partial charge is 0.226 e. The van der Waals surface area contributed by atoms with Gasteiger partial charge in [0, 0.05) is 34.9 Å². The normalized spacial score (nSPS) is 17.0. The minimum absolute atomic E-state index is 0.0567. The number of halogens is 1. The molecule has 2 atom stereocenters. The Balaban J connectivity index is 1.39. The van der Waals surface area contributed by atoms with Crippen LogP contribution in [0.3, 0.4) is 0 Å². The number of aromatic nitrogens is 1. The van der Waals surface area contributed by atoms with Crippen molar-refractivity contribution >= 4 is 44.9 Å². The van der Waals surface area contributed by atoms with Gasteiger partial charge in [0.1, 0.15) is 17.6 Å². The summed E-state index contributed by atoms with van der Waals surface area (Å²) >= 11 is 9.22. The topological polar surface area (TPSA) is 70.4 Å². The van der Waals surface area contributed by atoms with Crippen LogP contribution in [-0.4, -0.2) is 27.4 Å². The molecule has 1 saturated heterocycles. The zero-order valence-electron chi connectivity index (χ0n) is 20.4. The number of furan rings is 1. The molecule has 2 aromatic heterocycles. The number of hydrogen-bond acceptors (Lipinski definition) is 4. The number of carbonyl (C=O) groups is 1. The number of carbonyl (C=O) groups excluding carboxylic acids is 1. The fourth-order valence-electron chi connectivity index (χ4n) is 4.62. The van der Waals surface area contributed by atoms with Gasteiger partial charge in [0.2, 0.25) is 5.91 Å². The van der Waals surface area contributed by atoms with Crippen LogP contribution in [-0.2, 0) is 11.2 Å². The molecule has 6 nitrogen and oxygen atoms in total. The van der Waals surface area contributed by atoms with Crippen molar-refractivity contribution in [2.24, 2.45) is 0 Å². The summed E-state index contributed by atoms with van der Waals surface area (Å²) in [7, 11) is 0. The highest BCUT2D eigenvalue weighted by Gasteiger charge is 2.41. The Kier molecular flexibility index (Phi) is 7.67. The number of hydrogen-bond donors (Lipinski definition) is 2. The number of para-hydroxylation sites is 1. The number of benzene rings is 2. The largest absolute Gasteiger partial charge is 0.459 e. The third-order valence-electron chi connectivity index (χ3n) is 6.50. The van der Waals surface area contributed by atoms with Crippen molar-refractivity contribution in [1.29, 1.82) is 0 Å². The molecular weight excluding hydrogens is 548 g/mol. The van der Waals surface area contributed by atoms with E-state index >= 15 is 0 Å². The van der Waals surface area contributed by atoms with Crippen LogP contribution in [0.15, 0.2) is 93.9 Å². The zero-order valence-corrected chi connectivity index (χ0v) is 22.8. The van der Waals surface area contributed by atoms with Crippen molar-refractivity contribution in [1.82, 2.24) is 15.2 Å². The Bertz CT molecular complexity index is 1390. The number of anilines is 1. The van der Waals surface area contributed by atoms with Gasteiger partial charge in [-0.1, -0.05) is 59.3 Å². The van der Waals surface area contributed by atoms with E-state index in [1.807, 2.05) is 83.8 Å². The number of aryl methyl sites for hydroxylation is 1. The third kappa shape index (κ3) is 5.60. The summed E-state index contributed by atoms with van der Waals surface area (Å²) in [6.07, 6.45) is 2.91. The van der Waals surface area contributed by atoms with Gasteiger partial charge in [-0.05, 0) is 66.7 Å². The van der Waals surface area contributed by atoms with E-state index in [-0.39, 0.29) is 24.4 Å². The van der Waals surface area contributed by atoms with Crippen LogP contribution in [0.2, 0.25) is 0 Å². The van der Waals surface area contributed by atoms with Gasteiger partial charge in [-0.15, -0.1) is 0 Å². The van der Waals surface area contributed by atoms with Gasteiger partial charge in [-0.25, -0.2) is 0 Å². The van der Waals surface area contributed by atoms with Crippen LogP contribution in [0.1, 0.15) is 42.4 Å². The summed E-state index contributed by atoms with van der Waals surface area (Å²) in [5, 5.41) is 7.05. The molecule has 2 aromatic carbocycles. The number of amides is 1. The summed E-state index contributed by atoms with van der Waals surface area (Å²) in [4.78, 5) is 19.5. The Morgan fingerprint density at radius 2 is 1.86 bits per heavy atom. The van der Waals surface area contributed by atoms with Crippen LogP contribution in [0.5, 0.6) is 0 Å². The molecule has 1 aliphatic rings. The SMILES string of the molecule is CCc1ccccc1NC(=O)CCN1C(=S)N[C@@H](c2ccccn2)[C@H]1c1ccc(-c2ccc(Br)cc2)o1. The molecule has 0 bridgehead atoms. The average molecular weight is 576 g/mol. The average Bonchev–Trinajstić information content (AvgIpc) is 3.53.